The van der Waals surface area contributed by atoms with Crippen LogP contribution in [0.15, 0.2) is 42.5 Å². The van der Waals surface area contributed by atoms with Crippen molar-refractivity contribution in [2.45, 2.75) is 20.0 Å². The molecule has 0 aliphatic rings. The Hall–Kier alpha value is -2.27. The molecule has 0 unspecified atom stereocenters. The van der Waals surface area contributed by atoms with Crippen LogP contribution in [0.1, 0.15) is 16.7 Å². The van der Waals surface area contributed by atoms with Crippen LogP contribution in [0.5, 0.6) is 0 Å². The van der Waals surface area contributed by atoms with Crippen molar-refractivity contribution in [3.63, 3.8) is 0 Å². The van der Waals surface area contributed by atoms with Crippen LogP contribution in [0.25, 0.3) is 0 Å². The maximum Gasteiger partial charge on any atom is 0.304 e. The molecular formula is C15H15FN2O2. The molecule has 0 fully saturated rings. The summed E-state index contributed by atoms with van der Waals surface area (Å²) in [4.78, 5) is 9.79. The van der Waals surface area contributed by atoms with Crippen LogP contribution in [-0.2, 0) is 13.1 Å². The number of rotatable bonds is 5. The SMILES string of the molecule is Cc1ccc(CNCc2ccc([N+](=O)[O-])c(F)c2)cc1. The zero-order valence-electron chi connectivity index (χ0n) is 11.1. The number of nitro groups is 1. The van der Waals surface area contributed by atoms with Gasteiger partial charge in [-0.3, -0.25) is 10.1 Å². The summed E-state index contributed by atoms with van der Waals surface area (Å²) >= 11 is 0. The highest BCUT2D eigenvalue weighted by atomic mass is 19.1. The van der Waals surface area contributed by atoms with Crippen LogP contribution >= 0.6 is 0 Å². The zero-order chi connectivity index (χ0) is 14.5. The second-order valence-corrected chi connectivity index (χ2v) is 4.63. The Bertz CT molecular complexity index is 612. The summed E-state index contributed by atoms with van der Waals surface area (Å²) in [5.74, 6) is -0.801. The third kappa shape index (κ3) is 3.61. The molecule has 104 valence electrons. The first-order valence-corrected chi connectivity index (χ1v) is 6.25. The van der Waals surface area contributed by atoms with Crippen molar-refractivity contribution in [1.82, 2.24) is 5.32 Å². The molecule has 0 radical (unpaired) electrons. The predicted octanol–water partition coefficient (Wildman–Crippen LogP) is 3.33. The van der Waals surface area contributed by atoms with E-state index < -0.39 is 16.4 Å². The molecule has 4 nitrogen and oxygen atoms in total. The maximum atomic E-state index is 13.4. The van der Waals surface area contributed by atoms with E-state index in [-0.39, 0.29) is 0 Å². The smallest absolute Gasteiger partial charge is 0.304 e. The Kier molecular flexibility index (Phi) is 4.42. The van der Waals surface area contributed by atoms with Gasteiger partial charge < -0.3 is 5.32 Å². The molecule has 1 N–H and O–H groups in total. The fraction of sp³-hybridized carbons (Fsp3) is 0.200. The van der Waals surface area contributed by atoms with Gasteiger partial charge in [-0.1, -0.05) is 35.9 Å². The van der Waals surface area contributed by atoms with E-state index in [1.807, 2.05) is 31.2 Å². The lowest BCUT2D eigenvalue weighted by molar-refractivity contribution is -0.387. The van der Waals surface area contributed by atoms with E-state index in [0.717, 1.165) is 5.56 Å². The molecule has 0 saturated carbocycles. The molecular weight excluding hydrogens is 259 g/mol. The lowest BCUT2D eigenvalue weighted by atomic mass is 10.1. The predicted molar refractivity (Wildman–Crippen MR) is 74.8 cm³/mol. The Balaban J connectivity index is 1.92. The lowest BCUT2D eigenvalue weighted by Crippen LogP contribution is -2.12. The first-order valence-electron chi connectivity index (χ1n) is 6.25. The Morgan fingerprint density at radius 2 is 1.70 bits per heavy atom. The van der Waals surface area contributed by atoms with E-state index in [9.17, 15) is 14.5 Å². The number of hydrogen-bond donors (Lipinski definition) is 1. The molecule has 0 amide bonds. The Morgan fingerprint density at radius 1 is 1.10 bits per heavy atom. The summed E-state index contributed by atoms with van der Waals surface area (Å²) in [5.41, 5.74) is 2.52. The average molecular weight is 274 g/mol. The molecule has 5 heteroatoms. The number of benzene rings is 2. The van der Waals surface area contributed by atoms with Crippen LogP contribution in [0.4, 0.5) is 10.1 Å². The molecule has 0 aliphatic heterocycles. The average Bonchev–Trinajstić information content (AvgIpc) is 2.41. The summed E-state index contributed by atoms with van der Waals surface area (Å²) in [6.45, 7) is 3.15. The first-order chi connectivity index (χ1) is 9.56. The van der Waals surface area contributed by atoms with Crippen LogP contribution in [-0.4, -0.2) is 4.92 Å². The van der Waals surface area contributed by atoms with Gasteiger partial charge in [-0.15, -0.1) is 0 Å². The van der Waals surface area contributed by atoms with E-state index in [1.165, 1.54) is 17.7 Å². The van der Waals surface area contributed by atoms with Gasteiger partial charge in [-0.25, -0.2) is 0 Å². The van der Waals surface area contributed by atoms with Gasteiger partial charge in [0.15, 0.2) is 0 Å². The minimum absolute atomic E-state index is 0.461. The number of aryl methyl sites for hydroxylation is 1. The fourth-order valence-electron chi connectivity index (χ4n) is 1.87. The Morgan fingerprint density at radius 3 is 2.30 bits per heavy atom. The molecule has 2 aromatic rings. The van der Waals surface area contributed by atoms with E-state index in [4.69, 9.17) is 0 Å². The standard InChI is InChI=1S/C15H15FN2O2/c1-11-2-4-12(5-3-11)9-17-10-13-6-7-15(18(19)20)14(16)8-13/h2-8,17H,9-10H2,1H3. The number of hydrogen-bond acceptors (Lipinski definition) is 3. The minimum Gasteiger partial charge on any atom is -0.309 e. The van der Waals surface area contributed by atoms with Gasteiger partial charge in [0.2, 0.25) is 5.82 Å². The molecule has 0 spiro atoms. The quantitative estimate of drug-likeness (QED) is 0.672. The summed E-state index contributed by atoms with van der Waals surface area (Å²) < 4.78 is 13.4. The molecule has 2 rings (SSSR count). The van der Waals surface area contributed by atoms with Gasteiger partial charge in [-0.2, -0.15) is 4.39 Å². The van der Waals surface area contributed by atoms with Crippen molar-refractivity contribution in [1.29, 1.82) is 0 Å². The highest BCUT2D eigenvalue weighted by molar-refractivity contribution is 5.35. The van der Waals surface area contributed by atoms with Gasteiger partial charge in [0.25, 0.3) is 0 Å². The normalized spacial score (nSPS) is 10.5. The number of nitrogens with one attached hydrogen (secondary N) is 1. The third-order valence-corrected chi connectivity index (χ3v) is 2.99. The van der Waals surface area contributed by atoms with Crippen molar-refractivity contribution in [2.24, 2.45) is 0 Å². The van der Waals surface area contributed by atoms with Crippen molar-refractivity contribution in [3.8, 4) is 0 Å². The highest BCUT2D eigenvalue weighted by Crippen LogP contribution is 2.17. The third-order valence-electron chi connectivity index (χ3n) is 2.99. The van der Waals surface area contributed by atoms with Gasteiger partial charge in [0, 0.05) is 19.2 Å². The highest BCUT2D eigenvalue weighted by Gasteiger charge is 2.13. The number of halogens is 1. The Labute approximate surface area is 116 Å². The fourth-order valence-corrected chi connectivity index (χ4v) is 1.87. The topological polar surface area (TPSA) is 55.2 Å². The van der Waals surface area contributed by atoms with Crippen LogP contribution in [0.2, 0.25) is 0 Å². The summed E-state index contributed by atoms with van der Waals surface area (Å²) in [6, 6.07) is 12.1. The maximum absolute atomic E-state index is 13.4. The van der Waals surface area contributed by atoms with E-state index in [1.54, 1.807) is 6.07 Å². The van der Waals surface area contributed by atoms with Crippen molar-refractivity contribution >= 4 is 5.69 Å². The van der Waals surface area contributed by atoms with Crippen molar-refractivity contribution in [3.05, 3.63) is 75.1 Å². The van der Waals surface area contributed by atoms with Crippen LogP contribution < -0.4 is 5.32 Å². The molecule has 0 atom stereocenters. The van der Waals surface area contributed by atoms with Gasteiger partial charge in [0.05, 0.1) is 4.92 Å². The van der Waals surface area contributed by atoms with Gasteiger partial charge in [0.1, 0.15) is 0 Å². The molecule has 0 saturated heterocycles. The van der Waals surface area contributed by atoms with Crippen LogP contribution in [0, 0.1) is 22.9 Å². The van der Waals surface area contributed by atoms with Gasteiger partial charge >= 0.3 is 5.69 Å². The van der Waals surface area contributed by atoms with E-state index >= 15 is 0 Å². The molecule has 0 bridgehead atoms. The first kappa shape index (κ1) is 14.1. The molecule has 0 heterocycles. The zero-order valence-corrected chi connectivity index (χ0v) is 11.1. The summed E-state index contributed by atoms with van der Waals surface area (Å²) in [5, 5.41) is 13.7. The number of nitro benzene ring substituents is 1. The van der Waals surface area contributed by atoms with Crippen molar-refractivity contribution in [2.75, 3.05) is 0 Å². The van der Waals surface area contributed by atoms with Gasteiger partial charge in [-0.05, 0) is 24.1 Å². The largest absolute Gasteiger partial charge is 0.309 e. The lowest BCUT2D eigenvalue weighted by Gasteiger charge is -2.06. The monoisotopic (exact) mass is 274 g/mol. The minimum atomic E-state index is -0.801. The molecule has 0 aromatic heterocycles. The molecule has 0 aliphatic carbocycles. The van der Waals surface area contributed by atoms with E-state index in [0.29, 0.717) is 18.7 Å². The van der Waals surface area contributed by atoms with Crippen molar-refractivity contribution < 1.29 is 9.31 Å². The summed E-state index contributed by atoms with van der Waals surface area (Å²) in [6.07, 6.45) is 0. The molecule has 2 aromatic carbocycles. The summed E-state index contributed by atoms with van der Waals surface area (Å²) in [7, 11) is 0. The second-order valence-electron chi connectivity index (χ2n) is 4.63. The van der Waals surface area contributed by atoms with E-state index in [2.05, 4.69) is 5.32 Å². The number of nitrogens with zero attached hydrogens (tertiary/aromatic N) is 1. The van der Waals surface area contributed by atoms with Crippen LogP contribution in [0.3, 0.4) is 0 Å². The molecule has 20 heavy (non-hydrogen) atoms. The second kappa shape index (κ2) is 6.25.